The predicted octanol–water partition coefficient (Wildman–Crippen LogP) is 2.27. The first kappa shape index (κ1) is 16.3. The van der Waals surface area contributed by atoms with E-state index in [4.69, 9.17) is 5.73 Å². The summed E-state index contributed by atoms with van der Waals surface area (Å²) >= 11 is 0. The molecule has 4 nitrogen and oxygen atoms in total. The van der Waals surface area contributed by atoms with Gasteiger partial charge < -0.3 is 15.2 Å². The number of hydrogen-bond donors (Lipinski definition) is 1. The molecule has 7 heteroatoms. The van der Waals surface area contributed by atoms with Crippen LogP contribution in [0.4, 0.5) is 13.2 Å². The first-order valence-electron chi connectivity index (χ1n) is 5.83. The summed E-state index contributed by atoms with van der Waals surface area (Å²) in [7, 11) is 1.26. The summed E-state index contributed by atoms with van der Waals surface area (Å²) in [6.45, 7) is 1.71. The van der Waals surface area contributed by atoms with Gasteiger partial charge in [0.2, 0.25) is 0 Å². The molecular formula is C13H16F3NO3. The van der Waals surface area contributed by atoms with Crippen LogP contribution in [0.25, 0.3) is 0 Å². The zero-order chi connectivity index (χ0) is 15.4. The number of rotatable bonds is 5. The summed E-state index contributed by atoms with van der Waals surface area (Å²) in [5, 5.41) is 0. The van der Waals surface area contributed by atoms with E-state index in [1.807, 2.05) is 0 Å². The van der Waals surface area contributed by atoms with Crippen LogP contribution in [0.15, 0.2) is 24.3 Å². The fourth-order valence-electron chi connectivity index (χ4n) is 1.73. The highest BCUT2D eigenvalue weighted by Crippen LogP contribution is 2.26. The van der Waals surface area contributed by atoms with Gasteiger partial charge >= 0.3 is 12.3 Å². The van der Waals surface area contributed by atoms with E-state index in [1.165, 1.54) is 31.4 Å². The van der Waals surface area contributed by atoms with Crippen molar-refractivity contribution >= 4 is 5.97 Å². The molecule has 0 fully saturated rings. The van der Waals surface area contributed by atoms with Crippen molar-refractivity contribution < 1.29 is 27.4 Å². The van der Waals surface area contributed by atoms with Gasteiger partial charge in [0, 0.05) is 6.54 Å². The molecule has 0 aliphatic carbocycles. The maximum atomic E-state index is 12.0. The van der Waals surface area contributed by atoms with Crippen LogP contribution >= 0.6 is 0 Å². The molecule has 0 aromatic heterocycles. The molecule has 1 rings (SSSR count). The molecule has 0 saturated carbocycles. The normalized spacial score (nSPS) is 14.5. The Morgan fingerprint density at radius 2 is 1.80 bits per heavy atom. The number of ether oxygens (including phenoxy) is 2. The lowest BCUT2D eigenvalue weighted by Gasteiger charge is -2.24. The van der Waals surface area contributed by atoms with E-state index in [0.29, 0.717) is 5.56 Å². The van der Waals surface area contributed by atoms with E-state index in [1.54, 1.807) is 6.92 Å². The monoisotopic (exact) mass is 291 g/mol. The van der Waals surface area contributed by atoms with Crippen molar-refractivity contribution in [1.29, 1.82) is 0 Å². The Hall–Kier alpha value is -1.76. The minimum Gasteiger partial charge on any atom is -0.469 e. The van der Waals surface area contributed by atoms with Crippen LogP contribution in [-0.4, -0.2) is 26.0 Å². The van der Waals surface area contributed by atoms with Gasteiger partial charge in [0.25, 0.3) is 0 Å². The predicted molar refractivity (Wildman–Crippen MR) is 66.0 cm³/mol. The number of carbonyl (C=O) groups excluding carboxylic acids is 1. The van der Waals surface area contributed by atoms with E-state index in [0.717, 1.165) is 0 Å². The van der Waals surface area contributed by atoms with E-state index in [-0.39, 0.29) is 18.7 Å². The molecule has 0 radical (unpaired) electrons. The first-order chi connectivity index (χ1) is 9.20. The van der Waals surface area contributed by atoms with E-state index < -0.39 is 17.7 Å². The molecule has 1 aromatic carbocycles. The smallest absolute Gasteiger partial charge is 0.469 e. The summed E-state index contributed by atoms with van der Waals surface area (Å²) in [6, 6.07) is 5.30. The molecule has 2 N–H and O–H groups in total. The molecule has 0 spiro atoms. The van der Waals surface area contributed by atoms with Crippen LogP contribution < -0.4 is 10.5 Å². The lowest BCUT2D eigenvalue weighted by Crippen LogP contribution is -2.38. The second-order valence-corrected chi connectivity index (χ2v) is 4.62. The number of halogens is 3. The van der Waals surface area contributed by atoms with Crippen molar-refractivity contribution in [3.05, 3.63) is 29.8 Å². The van der Waals surface area contributed by atoms with Crippen LogP contribution in [0.5, 0.6) is 5.75 Å². The molecule has 112 valence electrons. The maximum absolute atomic E-state index is 12.0. The molecule has 1 atom stereocenters. The highest BCUT2D eigenvalue weighted by atomic mass is 19.4. The van der Waals surface area contributed by atoms with Crippen molar-refractivity contribution in [2.45, 2.75) is 19.7 Å². The van der Waals surface area contributed by atoms with Gasteiger partial charge in [0.15, 0.2) is 0 Å². The van der Waals surface area contributed by atoms with Crippen LogP contribution in [0.3, 0.4) is 0 Å². The minimum absolute atomic E-state index is 0.0699. The van der Waals surface area contributed by atoms with Gasteiger partial charge in [0.1, 0.15) is 5.75 Å². The van der Waals surface area contributed by atoms with Gasteiger partial charge in [-0.25, -0.2) is 0 Å². The van der Waals surface area contributed by atoms with Crippen LogP contribution in [0, 0.1) is 5.41 Å². The number of methoxy groups -OCH3 is 1. The third kappa shape index (κ3) is 4.41. The average molecular weight is 291 g/mol. The first-order valence-corrected chi connectivity index (χ1v) is 5.83. The van der Waals surface area contributed by atoms with Crippen LogP contribution in [0.2, 0.25) is 0 Å². The van der Waals surface area contributed by atoms with Crippen molar-refractivity contribution in [3.63, 3.8) is 0 Å². The second kappa shape index (κ2) is 6.13. The molecule has 0 saturated heterocycles. The molecule has 0 amide bonds. The third-order valence-electron chi connectivity index (χ3n) is 2.88. The lowest BCUT2D eigenvalue weighted by atomic mass is 9.84. The van der Waals surface area contributed by atoms with Crippen molar-refractivity contribution in [3.8, 4) is 5.75 Å². The van der Waals surface area contributed by atoms with Crippen LogP contribution in [0.1, 0.15) is 12.5 Å². The number of hydrogen-bond acceptors (Lipinski definition) is 4. The topological polar surface area (TPSA) is 61.5 Å². The maximum Gasteiger partial charge on any atom is 0.573 e. The third-order valence-corrected chi connectivity index (χ3v) is 2.88. The molecule has 0 aliphatic heterocycles. The molecule has 1 aromatic rings. The van der Waals surface area contributed by atoms with Gasteiger partial charge in [-0.2, -0.15) is 0 Å². The summed E-state index contributed by atoms with van der Waals surface area (Å²) in [4.78, 5) is 11.6. The van der Waals surface area contributed by atoms with Gasteiger partial charge in [-0.05, 0) is 31.0 Å². The Kier molecular flexibility index (Phi) is 4.99. The standard InChI is InChI=1S/C13H16F3NO3/c1-12(8-17,11(18)19-2)7-9-3-5-10(6-4-9)20-13(14,15)16/h3-6H,7-8,17H2,1-2H3. The number of alkyl halides is 3. The Morgan fingerprint density at radius 3 is 2.20 bits per heavy atom. The van der Waals surface area contributed by atoms with Gasteiger partial charge in [-0.3, -0.25) is 4.79 Å². The average Bonchev–Trinajstić information content (AvgIpc) is 2.38. The molecular weight excluding hydrogens is 275 g/mol. The lowest BCUT2D eigenvalue weighted by molar-refractivity contribution is -0.274. The summed E-state index contributed by atoms with van der Waals surface area (Å²) in [6.07, 6.45) is -4.46. The number of esters is 1. The minimum atomic E-state index is -4.72. The fraction of sp³-hybridized carbons (Fsp3) is 0.462. The molecule has 20 heavy (non-hydrogen) atoms. The zero-order valence-corrected chi connectivity index (χ0v) is 11.2. The van der Waals surface area contributed by atoms with Crippen molar-refractivity contribution in [2.75, 3.05) is 13.7 Å². The molecule has 0 bridgehead atoms. The Labute approximate surface area is 114 Å². The van der Waals surface area contributed by atoms with Gasteiger partial charge in [-0.1, -0.05) is 12.1 Å². The number of carbonyl (C=O) groups is 1. The van der Waals surface area contributed by atoms with Crippen molar-refractivity contribution in [1.82, 2.24) is 0 Å². The number of benzene rings is 1. The van der Waals surface area contributed by atoms with E-state index in [9.17, 15) is 18.0 Å². The van der Waals surface area contributed by atoms with E-state index in [2.05, 4.69) is 9.47 Å². The molecule has 0 heterocycles. The van der Waals surface area contributed by atoms with Gasteiger partial charge in [-0.15, -0.1) is 13.2 Å². The zero-order valence-electron chi connectivity index (χ0n) is 11.2. The quantitative estimate of drug-likeness (QED) is 0.845. The second-order valence-electron chi connectivity index (χ2n) is 4.62. The fourth-order valence-corrected chi connectivity index (χ4v) is 1.73. The van der Waals surface area contributed by atoms with E-state index >= 15 is 0 Å². The Bertz CT molecular complexity index is 459. The summed E-state index contributed by atoms with van der Waals surface area (Å²) in [5.74, 6) is -0.774. The Morgan fingerprint density at radius 1 is 1.25 bits per heavy atom. The highest BCUT2D eigenvalue weighted by molar-refractivity contribution is 5.77. The Balaban J connectivity index is 2.81. The summed E-state index contributed by atoms with van der Waals surface area (Å²) in [5.41, 5.74) is 5.32. The number of nitrogens with two attached hydrogens (primary N) is 1. The summed E-state index contributed by atoms with van der Waals surface area (Å²) < 4.78 is 44.5. The molecule has 0 aliphatic rings. The largest absolute Gasteiger partial charge is 0.573 e. The van der Waals surface area contributed by atoms with Gasteiger partial charge in [0.05, 0.1) is 12.5 Å². The van der Waals surface area contributed by atoms with Crippen LogP contribution in [-0.2, 0) is 16.0 Å². The SMILES string of the molecule is COC(=O)C(C)(CN)Cc1ccc(OC(F)(F)F)cc1. The molecule has 1 unspecified atom stereocenters. The highest BCUT2D eigenvalue weighted by Gasteiger charge is 2.33. The van der Waals surface area contributed by atoms with Crippen molar-refractivity contribution in [2.24, 2.45) is 11.1 Å².